The van der Waals surface area contributed by atoms with Crippen LogP contribution in [0.1, 0.15) is 25.3 Å². The lowest BCUT2D eigenvalue weighted by atomic mass is 10.0. The summed E-state index contributed by atoms with van der Waals surface area (Å²) in [4.78, 5) is 11.8. The van der Waals surface area contributed by atoms with Crippen molar-refractivity contribution < 1.29 is 17.9 Å². The lowest BCUT2D eigenvalue weighted by molar-refractivity contribution is -0.123. The van der Waals surface area contributed by atoms with Crippen molar-refractivity contribution in [1.29, 1.82) is 0 Å². The van der Waals surface area contributed by atoms with E-state index in [4.69, 9.17) is 4.74 Å². The SMILES string of the molecule is CC1(NC(=O)CCOCc2ccccc2)CCS(=O)(=O)C1. The molecule has 116 valence electrons. The Morgan fingerprint density at radius 3 is 2.67 bits per heavy atom. The van der Waals surface area contributed by atoms with E-state index in [2.05, 4.69) is 5.32 Å². The highest BCUT2D eigenvalue weighted by Gasteiger charge is 2.39. The van der Waals surface area contributed by atoms with Gasteiger partial charge >= 0.3 is 0 Å². The molecule has 1 unspecified atom stereocenters. The van der Waals surface area contributed by atoms with Gasteiger partial charge in [-0.3, -0.25) is 4.79 Å². The summed E-state index contributed by atoms with van der Waals surface area (Å²) in [6.45, 7) is 2.57. The molecule has 1 heterocycles. The van der Waals surface area contributed by atoms with Crippen molar-refractivity contribution in [2.45, 2.75) is 31.9 Å². The Labute approximate surface area is 125 Å². The fraction of sp³-hybridized carbons (Fsp3) is 0.533. The second-order valence-electron chi connectivity index (χ2n) is 5.74. The Morgan fingerprint density at radius 1 is 1.33 bits per heavy atom. The Kier molecular flexibility index (Phi) is 5.00. The molecule has 1 aromatic rings. The predicted molar refractivity (Wildman–Crippen MR) is 80.5 cm³/mol. The molecule has 6 heteroatoms. The van der Waals surface area contributed by atoms with Crippen LogP contribution >= 0.6 is 0 Å². The maximum absolute atomic E-state index is 11.8. The zero-order valence-electron chi connectivity index (χ0n) is 12.2. The monoisotopic (exact) mass is 311 g/mol. The van der Waals surface area contributed by atoms with E-state index in [-0.39, 0.29) is 23.8 Å². The second kappa shape index (κ2) is 6.58. The van der Waals surface area contributed by atoms with Crippen LogP contribution in [0.5, 0.6) is 0 Å². The quantitative estimate of drug-likeness (QED) is 0.804. The van der Waals surface area contributed by atoms with E-state index in [9.17, 15) is 13.2 Å². The lowest BCUT2D eigenvalue weighted by Gasteiger charge is -2.23. The van der Waals surface area contributed by atoms with Gasteiger partial charge in [-0.05, 0) is 18.9 Å². The molecule has 1 amide bonds. The minimum Gasteiger partial charge on any atom is -0.376 e. The van der Waals surface area contributed by atoms with Crippen molar-refractivity contribution >= 4 is 15.7 Å². The van der Waals surface area contributed by atoms with Gasteiger partial charge in [0.2, 0.25) is 5.91 Å². The molecule has 1 atom stereocenters. The first-order chi connectivity index (χ1) is 9.89. The van der Waals surface area contributed by atoms with Crippen LogP contribution in [0, 0.1) is 0 Å². The highest BCUT2D eigenvalue weighted by Crippen LogP contribution is 2.22. The van der Waals surface area contributed by atoms with Gasteiger partial charge in [0.1, 0.15) is 0 Å². The first-order valence-corrected chi connectivity index (χ1v) is 8.84. The smallest absolute Gasteiger partial charge is 0.222 e. The predicted octanol–water partition coefficient (Wildman–Crippen LogP) is 1.29. The Hall–Kier alpha value is -1.40. The second-order valence-corrected chi connectivity index (χ2v) is 7.92. The Morgan fingerprint density at radius 2 is 2.05 bits per heavy atom. The number of sulfone groups is 1. The summed E-state index contributed by atoms with van der Waals surface area (Å²) in [6, 6.07) is 9.74. The molecule has 1 aromatic carbocycles. The number of ether oxygens (including phenoxy) is 1. The molecule has 1 aliphatic heterocycles. The maximum atomic E-state index is 11.8. The molecule has 0 aliphatic carbocycles. The average molecular weight is 311 g/mol. The van der Waals surface area contributed by atoms with Gasteiger partial charge in [-0.2, -0.15) is 0 Å². The van der Waals surface area contributed by atoms with E-state index in [1.807, 2.05) is 30.3 Å². The Balaban J connectivity index is 1.68. The van der Waals surface area contributed by atoms with Crippen molar-refractivity contribution in [3.8, 4) is 0 Å². The standard InChI is InChI=1S/C15H21NO4S/c1-15(8-10-21(18,19)12-15)16-14(17)7-9-20-11-13-5-3-2-4-6-13/h2-6H,7-12H2,1H3,(H,16,17). The molecule has 0 aromatic heterocycles. The molecule has 0 radical (unpaired) electrons. The highest BCUT2D eigenvalue weighted by atomic mass is 32.2. The van der Waals surface area contributed by atoms with E-state index >= 15 is 0 Å². The number of rotatable bonds is 6. The maximum Gasteiger partial charge on any atom is 0.222 e. The van der Waals surface area contributed by atoms with Gasteiger partial charge in [0, 0.05) is 6.42 Å². The van der Waals surface area contributed by atoms with Crippen LogP contribution in [-0.2, 0) is 26.0 Å². The molecule has 0 saturated carbocycles. The highest BCUT2D eigenvalue weighted by molar-refractivity contribution is 7.91. The molecule has 5 nitrogen and oxygen atoms in total. The summed E-state index contributed by atoms with van der Waals surface area (Å²) in [5, 5.41) is 2.81. The van der Waals surface area contributed by atoms with E-state index in [0.717, 1.165) is 5.56 Å². The minimum atomic E-state index is -3.01. The van der Waals surface area contributed by atoms with Gasteiger partial charge < -0.3 is 10.1 Å². The normalized spacial score (nSPS) is 23.9. The molecular weight excluding hydrogens is 290 g/mol. The van der Waals surface area contributed by atoms with Crippen LogP contribution in [0.25, 0.3) is 0 Å². The van der Waals surface area contributed by atoms with Crippen LogP contribution in [0.15, 0.2) is 30.3 Å². The number of carbonyl (C=O) groups excluding carboxylic acids is 1. The zero-order chi connectivity index (χ0) is 15.3. The molecule has 0 bridgehead atoms. The molecule has 1 fully saturated rings. The first-order valence-electron chi connectivity index (χ1n) is 7.02. The summed E-state index contributed by atoms with van der Waals surface area (Å²) in [7, 11) is -3.01. The summed E-state index contributed by atoms with van der Waals surface area (Å²) in [5.41, 5.74) is 0.432. The molecular formula is C15H21NO4S. The molecule has 1 aliphatic rings. The third kappa shape index (κ3) is 5.13. The largest absolute Gasteiger partial charge is 0.376 e. The van der Waals surface area contributed by atoms with Crippen LogP contribution in [0.4, 0.5) is 0 Å². The van der Waals surface area contributed by atoms with Crippen molar-refractivity contribution in [1.82, 2.24) is 5.32 Å². The van der Waals surface area contributed by atoms with Crippen LogP contribution in [0.2, 0.25) is 0 Å². The number of hydrogen-bond acceptors (Lipinski definition) is 4. The number of benzene rings is 1. The fourth-order valence-electron chi connectivity index (χ4n) is 2.44. The van der Waals surface area contributed by atoms with Crippen molar-refractivity contribution in [3.63, 3.8) is 0 Å². The average Bonchev–Trinajstić information content (AvgIpc) is 2.69. The molecule has 1 saturated heterocycles. The van der Waals surface area contributed by atoms with Gasteiger partial charge in [-0.1, -0.05) is 30.3 Å². The number of carbonyl (C=O) groups is 1. The van der Waals surface area contributed by atoms with Gasteiger partial charge in [0.15, 0.2) is 9.84 Å². The van der Waals surface area contributed by atoms with Gasteiger partial charge in [0.05, 0.1) is 30.3 Å². The van der Waals surface area contributed by atoms with Gasteiger partial charge in [-0.15, -0.1) is 0 Å². The van der Waals surface area contributed by atoms with Gasteiger partial charge in [0.25, 0.3) is 0 Å². The zero-order valence-corrected chi connectivity index (χ0v) is 13.0. The summed E-state index contributed by atoms with van der Waals surface area (Å²) < 4.78 is 28.4. The molecule has 2 rings (SSSR count). The molecule has 1 N–H and O–H groups in total. The van der Waals surface area contributed by atoms with Crippen molar-refractivity contribution in [2.24, 2.45) is 0 Å². The third-order valence-corrected chi connectivity index (χ3v) is 5.43. The Bertz CT molecular complexity index is 585. The summed E-state index contributed by atoms with van der Waals surface area (Å²) >= 11 is 0. The lowest BCUT2D eigenvalue weighted by Crippen LogP contribution is -2.47. The number of hydrogen-bond donors (Lipinski definition) is 1. The third-order valence-electron chi connectivity index (χ3n) is 3.53. The van der Waals surface area contributed by atoms with E-state index in [0.29, 0.717) is 19.6 Å². The number of nitrogens with one attached hydrogen (secondary N) is 1. The van der Waals surface area contributed by atoms with E-state index in [1.165, 1.54) is 0 Å². The molecule has 0 spiro atoms. The molecule has 21 heavy (non-hydrogen) atoms. The van der Waals surface area contributed by atoms with Crippen molar-refractivity contribution in [3.05, 3.63) is 35.9 Å². The minimum absolute atomic E-state index is 0.0244. The number of amides is 1. The topological polar surface area (TPSA) is 72.5 Å². The van der Waals surface area contributed by atoms with Crippen molar-refractivity contribution in [2.75, 3.05) is 18.1 Å². The van der Waals surface area contributed by atoms with Gasteiger partial charge in [-0.25, -0.2) is 8.42 Å². The van der Waals surface area contributed by atoms with Crippen LogP contribution in [0.3, 0.4) is 0 Å². The van der Waals surface area contributed by atoms with E-state index in [1.54, 1.807) is 6.92 Å². The fourth-order valence-corrected chi connectivity index (χ4v) is 4.53. The van der Waals surface area contributed by atoms with E-state index < -0.39 is 15.4 Å². The van der Waals surface area contributed by atoms with Crippen LogP contribution < -0.4 is 5.32 Å². The van der Waals surface area contributed by atoms with Crippen LogP contribution in [-0.4, -0.2) is 38.0 Å². The first kappa shape index (κ1) is 16.0. The summed E-state index contributed by atoms with van der Waals surface area (Å²) in [6.07, 6.45) is 0.717. The summed E-state index contributed by atoms with van der Waals surface area (Å²) in [5.74, 6) is 0.00733.